The zero-order valence-corrected chi connectivity index (χ0v) is 12.2. The Morgan fingerprint density at radius 3 is 2.94 bits per heavy atom. The van der Waals surface area contributed by atoms with E-state index >= 15 is 0 Å². The van der Waals surface area contributed by atoms with Gasteiger partial charge in [0.2, 0.25) is 0 Å². The fraction of sp³-hybridized carbons (Fsp3) is 0.545. The van der Waals surface area contributed by atoms with Crippen molar-refractivity contribution >= 4 is 44.8 Å². The Morgan fingerprint density at radius 2 is 2.41 bits per heavy atom. The molecule has 3 nitrogen and oxygen atoms in total. The number of halogens is 2. The minimum Gasteiger partial charge on any atom is -0.347 e. The van der Waals surface area contributed by atoms with Crippen LogP contribution in [0.15, 0.2) is 10.5 Å². The largest absolute Gasteiger partial charge is 0.347 e. The number of nitrogens with one attached hydrogen (secondary N) is 2. The zero-order chi connectivity index (χ0) is 12.0. The van der Waals surface area contributed by atoms with Crippen LogP contribution in [0.3, 0.4) is 0 Å². The number of rotatable bonds is 2. The van der Waals surface area contributed by atoms with Crippen molar-refractivity contribution in [2.24, 2.45) is 0 Å². The van der Waals surface area contributed by atoms with Gasteiger partial charge in [0.25, 0.3) is 5.91 Å². The molecule has 2 aliphatic heterocycles. The molecule has 1 aromatic rings. The number of thiophene rings is 1. The SMILES string of the molecule is O=C(N[C@@H]1C[C@H]2CC[C@@H]1N2)c1cc(Br)c(Cl)s1. The van der Waals surface area contributed by atoms with E-state index in [1.165, 1.54) is 24.2 Å². The molecule has 0 aliphatic carbocycles. The second-order valence-electron chi connectivity index (χ2n) is 4.60. The Kier molecular flexibility index (Phi) is 3.19. The Labute approximate surface area is 117 Å². The fourth-order valence-electron chi connectivity index (χ4n) is 2.68. The summed E-state index contributed by atoms with van der Waals surface area (Å²) in [5.41, 5.74) is 0. The average Bonchev–Trinajstić information content (AvgIpc) is 2.95. The van der Waals surface area contributed by atoms with E-state index in [9.17, 15) is 4.79 Å². The molecule has 3 rings (SSSR count). The first kappa shape index (κ1) is 12.0. The smallest absolute Gasteiger partial charge is 0.261 e. The molecule has 0 saturated carbocycles. The van der Waals surface area contributed by atoms with Gasteiger partial charge in [-0.05, 0) is 41.3 Å². The monoisotopic (exact) mass is 334 g/mol. The molecule has 6 heteroatoms. The van der Waals surface area contributed by atoms with Crippen LogP contribution >= 0.6 is 38.9 Å². The van der Waals surface area contributed by atoms with Crippen molar-refractivity contribution in [2.45, 2.75) is 37.4 Å². The van der Waals surface area contributed by atoms with E-state index in [2.05, 4.69) is 26.6 Å². The lowest BCUT2D eigenvalue weighted by atomic mass is 9.95. The quantitative estimate of drug-likeness (QED) is 0.872. The highest BCUT2D eigenvalue weighted by Gasteiger charge is 2.39. The van der Waals surface area contributed by atoms with Crippen LogP contribution in [0.5, 0.6) is 0 Å². The third-order valence-electron chi connectivity index (χ3n) is 3.49. The number of carbonyl (C=O) groups is 1. The van der Waals surface area contributed by atoms with Crippen LogP contribution < -0.4 is 10.6 Å². The molecule has 2 aliphatic rings. The Bertz CT molecular complexity index is 445. The second kappa shape index (κ2) is 4.53. The molecule has 2 fully saturated rings. The van der Waals surface area contributed by atoms with Crippen LogP contribution in [0.4, 0.5) is 0 Å². The lowest BCUT2D eigenvalue weighted by molar-refractivity contribution is 0.0935. The van der Waals surface area contributed by atoms with Gasteiger partial charge >= 0.3 is 0 Å². The van der Waals surface area contributed by atoms with Gasteiger partial charge in [0.15, 0.2) is 0 Å². The molecule has 2 N–H and O–H groups in total. The highest BCUT2D eigenvalue weighted by molar-refractivity contribution is 9.10. The van der Waals surface area contributed by atoms with Crippen LogP contribution in [0, 0.1) is 0 Å². The Balaban J connectivity index is 1.67. The van der Waals surface area contributed by atoms with E-state index in [0.717, 1.165) is 10.9 Å². The van der Waals surface area contributed by atoms with Gasteiger partial charge in [-0.2, -0.15) is 0 Å². The minimum absolute atomic E-state index is 0.0121. The van der Waals surface area contributed by atoms with Crippen molar-refractivity contribution in [1.29, 1.82) is 0 Å². The van der Waals surface area contributed by atoms with E-state index in [1.54, 1.807) is 6.07 Å². The fourth-order valence-corrected chi connectivity index (χ4v) is 4.29. The van der Waals surface area contributed by atoms with Crippen molar-refractivity contribution in [3.8, 4) is 0 Å². The Hall–Kier alpha value is -0.100. The third-order valence-corrected chi connectivity index (χ3v) is 5.96. The molecule has 3 atom stereocenters. The van der Waals surface area contributed by atoms with Crippen LogP contribution in [0.25, 0.3) is 0 Å². The minimum atomic E-state index is -0.0121. The van der Waals surface area contributed by atoms with Crippen LogP contribution in [0.2, 0.25) is 4.34 Å². The lowest BCUT2D eigenvalue weighted by Gasteiger charge is -2.20. The summed E-state index contributed by atoms with van der Waals surface area (Å²) in [5.74, 6) is -0.0121. The molecular formula is C11H12BrClN2OS. The average molecular weight is 336 g/mol. The summed E-state index contributed by atoms with van der Waals surface area (Å²) >= 11 is 10.6. The summed E-state index contributed by atoms with van der Waals surface area (Å²) in [6.45, 7) is 0. The summed E-state index contributed by atoms with van der Waals surface area (Å²) < 4.78 is 1.42. The summed E-state index contributed by atoms with van der Waals surface area (Å²) in [6.07, 6.45) is 3.47. The molecule has 0 aromatic carbocycles. The number of amides is 1. The van der Waals surface area contributed by atoms with Gasteiger partial charge in [-0.1, -0.05) is 11.6 Å². The molecule has 1 aromatic heterocycles. The Morgan fingerprint density at radius 1 is 1.59 bits per heavy atom. The first-order valence-electron chi connectivity index (χ1n) is 5.65. The third kappa shape index (κ3) is 2.26. The van der Waals surface area contributed by atoms with Gasteiger partial charge in [-0.25, -0.2) is 0 Å². The topological polar surface area (TPSA) is 41.1 Å². The second-order valence-corrected chi connectivity index (χ2v) is 7.10. The van der Waals surface area contributed by atoms with Crippen molar-refractivity contribution in [3.05, 3.63) is 19.8 Å². The summed E-state index contributed by atoms with van der Waals surface area (Å²) in [7, 11) is 0. The number of fused-ring (bicyclic) bond motifs is 2. The van der Waals surface area contributed by atoms with E-state index in [-0.39, 0.29) is 11.9 Å². The number of carbonyl (C=O) groups excluding carboxylic acids is 1. The van der Waals surface area contributed by atoms with Crippen LogP contribution in [-0.4, -0.2) is 24.0 Å². The molecule has 3 heterocycles. The standard InChI is InChI=1S/C11H12BrClN2OS/c12-6-4-9(17-10(6)13)11(16)15-8-3-5-1-2-7(8)14-5/h4-5,7-8,14H,1-3H2,(H,15,16)/t5-,7+,8-/m1/s1. The first-order valence-corrected chi connectivity index (χ1v) is 7.64. The van der Waals surface area contributed by atoms with Gasteiger partial charge < -0.3 is 10.6 Å². The zero-order valence-electron chi connectivity index (χ0n) is 9.00. The van der Waals surface area contributed by atoms with Crippen molar-refractivity contribution in [3.63, 3.8) is 0 Å². The van der Waals surface area contributed by atoms with Crippen molar-refractivity contribution in [2.75, 3.05) is 0 Å². The van der Waals surface area contributed by atoms with E-state index in [0.29, 0.717) is 21.3 Å². The van der Waals surface area contributed by atoms with Crippen molar-refractivity contribution < 1.29 is 4.79 Å². The summed E-state index contributed by atoms with van der Waals surface area (Å²) in [4.78, 5) is 12.7. The number of hydrogen-bond donors (Lipinski definition) is 2. The van der Waals surface area contributed by atoms with E-state index < -0.39 is 0 Å². The highest BCUT2D eigenvalue weighted by Crippen LogP contribution is 2.33. The molecule has 2 bridgehead atoms. The molecule has 1 amide bonds. The van der Waals surface area contributed by atoms with E-state index in [1.807, 2.05) is 0 Å². The van der Waals surface area contributed by atoms with Gasteiger partial charge in [0, 0.05) is 22.6 Å². The van der Waals surface area contributed by atoms with Gasteiger partial charge in [-0.15, -0.1) is 11.3 Å². The summed E-state index contributed by atoms with van der Waals surface area (Å²) in [6, 6.07) is 3.12. The maximum Gasteiger partial charge on any atom is 0.261 e. The molecule has 2 saturated heterocycles. The predicted octanol–water partition coefficient (Wildman–Crippen LogP) is 2.79. The van der Waals surface area contributed by atoms with Gasteiger partial charge in [0.1, 0.15) is 4.34 Å². The maximum atomic E-state index is 12.0. The van der Waals surface area contributed by atoms with Gasteiger partial charge in [-0.3, -0.25) is 4.79 Å². The molecule has 0 radical (unpaired) electrons. The number of hydrogen-bond acceptors (Lipinski definition) is 3. The molecule has 92 valence electrons. The molecular weight excluding hydrogens is 324 g/mol. The van der Waals surface area contributed by atoms with E-state index in [4.69, 9.17) is 11.6 Å². The maximum absolute atomic E-state index is 12.0. The highest BCUT2D eigenvalue weighted by atomic mass is 79.9. The van der Waals surface area contributed by atoms with Crippen molar-refractivity contribution in [1.82, 2.24) is 10.6 Å². The lowest BCUT2D eigenvalue weighted by Crippen LogP contribution is -2.42. The molecule has 0 unspecified atom stereocenters. The first-order chi connectivity index (χ1) is 8.13. The normalized spacial score (nSPS) is 30.8. The van der Waals surface area contributed by atoms with Gasteiger partial charge in [0.05, 0.1) is 4.88 Å². The van der Waals surface area contributed by atoms with Crippen LogP contribution in [-0.2, 0) is 0 Å². The predicted molar refractivity (Wildman–Crippen MR) is 72.8 cm³/mol. The molecule has 0 spiro atoms. The molecule has 17 heavy (non-hydrogen) atoms. The van der Waals surface area contributed by atoms with Crippen LogP contribution in [0.1, 0.15) is 28.9 Å². The summed E-state index contributed by atoms with van der Waals surface area (Å²) in [5, 5.41) is 6.60.